The topological polar surface area (TPSA) is 98.8 Å². The largest absolute Gasteiger partial charge is 0.369 e. The molecule has 1 aromatic rings. The average Bonchev–Trinajstić information content (AvgIpc) is 3.20. The summed E-state index contributed by atoms with van der Waals surface area (Å²) >= 11 is 0. The molecule has 3 heterocycles. The molecule has 3 aliphatic heterocycles. The minimum Gasteiger partial charge on any atom is -0.369 e. The van der Waals surface area contributed by atoms with Crippen LogP contribution >= 0.6 is 0 Å². The monoisotopic (exact) mass is 356 g/mol. The Balaban J connectivity index is 1.68. The van der Waals surface area contributed by atoms with Gasteiger partial charge in [0.05, 0.1) is 16.8 Å². The van der Waals surface area contributed by atoms with Crippen LogP contribution in [0.2, 0.25) is 0 Å². The lowest BCUT2D eigenvalue weighted by molar-refractivity contribution is -0.136. The number of imide groups is 2. The summed E-state index contributed by atoms with van der Waals surface area (Å²) < 4.78 is 0. The Morgan fingerprint density at radius 3 is 2.62 bits per heavy atom. The number of nitrogens with zero attached hydrogens (tertiary/aromatic N) is 2. The van der Waals surface area contributed by atoms with Crippen LogP contribution in [-0.2, 0) is 9.59 Å². The number of anilines is 1. The van der Waals surface area contributed by atoms with Crippen molar-refractivity contribution in [3.63, 3.8) is 0 Å². The van der Waals surface area contributed by atoms with E-state index in [0.717, 1.165) is 30.1 Å². The minimum absolute atomic E-state index is 0.118. The van der Waals surface area contributed by atoms with Crippen LogP contribution in [0.5, 0.6) is 0 Å². The van der Waals surface area contributed by atoms with Crippen molar-refractivity contribution in [2.45, 2.75) is 31.3 Å². The Morgan fingerprint density at radius 1 is 1.12 bits per heavy atom. The highest BCUT2D eigenvalue weighted by Crippen LogP contribution is 2.35. The Hall–Kier alpha value is -2.74. The van der Waals surface area contributed by atoms with E-state index < -0.39 is 23.8 Å². The fourth-order valence-electron chi connectivity index (χ4n) is 3.98. The van der Waals surface area contributed by atoms with E-state index in [-0.39, 0.29) is 18.7 Å². The predicted octanol–water partition coefficient (Wildman–Crippen LogP) is -0.114. The summed E-state index contributed by atoms with van der Waals surface area (Å²) in [7, 11) is 1.91. The third-order valence-electron chi connectivity index (χ3n) is 5.38. The van der Waals surface area contributed by atoms with E-state index in [4.69, 9.17) is 0 Å². The zero-order chi connectivity index (χ0) is 18.4. The first-order chi connectivity index (χ1) is 12.5. The molecule has 8 nitrogen and oxygen atoms in total. The molecule has 0 spiro atoms. The molecule has 0 saturated carbocycles. The number of carbonyl (C=O) groups is 4. The summed E-state index contributed by atoms with van der Waals surface area (Å²) in [5.41, 5.74) is 1.41. The summed E-state index contributed by atoms with van der Waals surface area (Å²) in [6.07, 6.45) is 1.24. The van der Waals surface area contributed by atoms with Crippen molar-refractivity contribution >= 4 is 29.3 Å². The van der Waals surface area contributed by atoms with Crippen molar-refractivity contribution in [1.82, 2.24) is 15.5 Å². The van der Waals surface area contributed by atoms with Crippen LogP contribution in [-0.4, -0.2) is 60.7 Å². The number of amides is 4. The average molecular weight is 356 g/mol. The lowest BCUT2D eigenvalue weighted by atomic mass is 10.0. The zero-order valence-electron chi connectivity index (χ0n) is 14.4. The Bertz CT molecular complexity index is 821. The second kappa shape index (κ2) is 6.21. The van der Waals surface area contributed by atoms with Gasteiger partial charge in [0.2, 0.25) is 11.8 Å². The second-order valence-electron chi connectivity index (χ2n) is 6.87. The second-order valence-corrected chi connectivity index (χ2v) is 6.87. The fraction of sp³-hybridized carbons (Fsp3) is 0.444. The van der Waals surface area contributed by atoms with Gasteiger partial charge in [-0.25, -0.2) is 0 Å². The molecular formula is C18H20N4O4. The number of likely N-dealkylation sites (N-methyl/N-ethyl adjacent to an activating group) is 1. The molecule has 3 aliphatic rings. The number of hydrogen-bond donors (Lipinski definition) is 2. The van der Waals surface area contributed by atoms with Gasteiger partial charge in [-0.1, -0.05) is 6.07 Å². The van der Waals surface area contributed by atoms with Gasteiger partial charge in [0, 0.05) is 25.6 Å². The first-order valence-electron chi connectivity index (χ1n) is 8.78. The lowest BCUT2D eigenvalue weighted by Gasteiger charge is -2.28. The van der Waals surface area contributed by atoms with Crippen LogP contribution in [0.3, 0.4) is 0 Å². The molecule has 1 aromatic carbocycles. The van der Waals surface area contributed by atoms with Crippen molar-refractivity contribution in [2.75, 3.05) is 25.0 Å². The van der Waals surface area contributed by atoms with Gasteiger partial charge in [0.25, 0.3) is 11.8 Å². The third kappa shape index (κ3) is 2.48. The van der Waals surface area contributed by atoms with E-state index in [1.807, 2.05) is 13.1 Å². The van der Waals surface area contributed by atoms with Gasteiger partial charge in [-0.3, -0.25) is 29.4 Å². The summed E-state index contributed by atoms with van der Waals surface area (Å²) in [5.74, 6) is -1.89. The van der Waals surface area contributed by atoms with E-state index in [0.29, 0.717) is 17.2 Å². The third-order valence-corrected chi connectivity index (χ3v) is 5.38. The fourth-order valence-corrected chi connectivity index (χ4v) is 3.98. The SMILES string of the molecule is CNC1CCN(c2cccc3c2C(=O)N(C2CCC(=O)NC2=O)C3=O)C1. The zero-order valence-corrected chi connectivity index (χ0v) is 14.4. The highest BCUT2D eigenvalue weighted by atomic mass is 16.2. The van der Waals surface area contributed by atoms with Gasteiger partial charge in [-0.15, -0.1) is 0 Å². The Kier molecular flexibility index (Phi) is 3.99. The molecule has 4 amide bonds. The number of piperidine rings is 1. The molecule has 0 radical (unpaired) electrons. The smallest absolute Gasteiger partial charge is 0.264 e. The van der Waals surface area contributed by atoms with E-state index in [1.165, 1.54) is 0 Å². The van der Waals surface area contributed by atoms with Crippen LogP contribution in [0.4, 0.5) is 5.69 Å². The van der Waals surface area contributed by atoms with Crippen LogP contribution in [0.15, 0.2) is 18.2 Å². The van der Waals surface area contributed by atoms with Crippen molar-refractivity contribution in [3.8, 4) is 0 Å². The summed E-state index contributed by atoms with van der Waals surface area (Å²) in [5, 5.41) is 5.45. The number of benzene rings is 1. The highest BCUT2D eigenvalue weighted by Gasteiger charge is 2.46. The van der Waals surface area contributed by atoms with Crippen LogP contribution in [0, 0.1) is 0 Å². The van der Waals surface area contributed by atoms with Crippen molar-refractivity contribution in [3.05, 3.63) is 29.3 Å². The molecule has 2 fully saturated rings. The summed E-state index contributed by atoms with van der Waals surface area (Å²) in [6, 6.07) is 4.63. The first kappa shape index (κ1) is 16.7. The number of rotatable bonds is 3. The molecule has 2 saturated heterocycles. The van der Waals surface area contributed by atoms with Crippen LogP contribution in [0.25, 0.3) is 0 Å². The Labute approximate surface area is 150 Å². The number of hydrogen-bond acceptors (Lipinski definition) is 6. The first-order valence-corrected chi connectivity index (χ1v) is 8.78. The molecule has 2 unspecified atom stereocenters. The molecule has 26 heavy (non-hydrogen) atoms. The van der Waals surface area contributed by atoms with Crippen molar-refractivity contribution in [1.29, 1.82) is 0 Å². The van der Waals surface area contributed by atoms with Crippen LogP contribution in [0.1, 0.15) is 40.0 Å². The van der Waals surface area contributed by atoms with Gasteiger partial charge < -0.3 is 10.2 Å². The van der Waals surface area contributed by atoms with Gasteiger partial charge >= 0.3 is 0 Å². The normalized spacial score (nSPS) is 25.7. The molecule has 4 rings (SSSR count). The van der Waals surface area contributed by atoms with E-state index in [2.05, 4.69) is 15.5 Å². The van der Waals surface area contributed by atoms with Crippen molar-refractivity contribution in [2.24, 2.45) is 0 Å². The van der Waals surface area contributed by atoms with Crippen molar-refractivity contribution < 1.29 is 19.2 Å². The van der Waals surface area contributed by atoms with Gasteiger partial charge in [-0.2, -0.15) is 0 Å². The maximum atomic E-state index is 13.1. The standard InChI is InChI=1S/C18H20N4O4/c1-19-10-7-8-21(9-10)12-4-2-3-11-15(12)18(26)22(17(11)25)13-5-6-14(23)20-16(13)24/h2-4,10,13,19H,5-9H2,1H3,(H,20,23,24). The molecule has 2 atom stereocenters. The van der Waals surface area contributed by atoms with E-state index in [9.17, 15) is 19.2 Å². The molecule has 0 aromatic heterocycles. The maximum Gasteiger partial charge on any atom is 0.264 e. The minimum atomic E-state index is -0.934. The van der Waals surface area contributed by atoms with E-state index >= 15 is 0 Å². The van der Waals surface area contributed by atoms with Gasteiger partial charge in [0.1, 0.15) is 6.04 Å². The Morgan fingerprint density at radius 2 is 1.92 bits per heavy atom. The summed E-state index contributed by atoms with van der Waals surface area (Å²) in [4.78, 5) is 52.5. The van der Waals surface area contributed by atoms with Crippen LogP contribution < -0.4 is 15.5 Å². The van der Waals surface area contributed by atoms with E-state index in [1.54, 1.807) is 12.1 Å². The molecular weight excluding hydrogens is 336 g/mol. The maximum absolute atomic E-state index is 13.1. The van der Waals surface area contributed by atoms with Gasteiger partial charge in [0.15, 0.2) is 0 Å². The predicted molar refractivity (Wildman–Crippen MR) is 92.8 cm³/mol. The summed E-state index contributed by atoms with van der Waals surface area (Å²) in [6.45, 7) is 1.55. The number of fused-ring (bicyclic) bond motifs is 1. The molecule has 2 N–H and O–H groups in total. The molecule has 136 valence electrons. The molecule has 8 heteroatoms. The highest BCUT2D eigenvalue weighted by molar-refractivity contribution is 6.25. The number of carbonyl (C=O) groups excluding carboxylic acids is 4. The quantitative estimate of drug-likeness (QED) is 0.733. The molecule has 0 bridgehead atoms. The lowest BCUT2D eigenvalue weighted by Crippen LogP contribution is -2.54. The number of nitrogens with one attached hydrogen (secondary N) is 2. The van der Waals surface area contributed by atoms with Gasteiger partial charge in [-0.05, 0) is 32.0 Å². The molecule has 0 aliphatic carbocycles.